The number of likely N-dealkylation sites (N-methyl/N-ethyl adjacent to an activating group) is 1. The molecule has 1 amide bonds. The Kier molecular flexibility index (Phi) is 3.26. The van der Waals surface area contributed by atoms with Crippen LogP contribution in [-0.4, -0.2) is 61.0 Å². The van der Waals surface area contributed by atoms with Crippen LogP contribution in [0.5, 0.6) is 0 Å². The molecule has 0 aromatic heterocycles. The van der Waals surface area contributed by atoms with Crippen molar-refractivity contribution < 1.29 is 4.79 Å². The molecule has 0 radical (unpaired) electrons. The summed E-state index contributed by atoms with van der Waals surface area (Å²) in [5.74, 6) is 0.312. The largest absolute Gasteiger partial charge is 0.339 e. The molecule has 0 aromatic carbocycles. The molecule has 86 valence electrons. The van der Waals surface area contributed by atoms with Crippen molar-refractivity contribution in [2.75, 3.05) is 33.2 Å². The molecule has 15 heavy (non-hydrogen) atoms. The van der Waals surface area contributed by atoms with Gasteiger partial charge in [0.2, 0.25) is 5.91 Å². The van der Waals surface area contributed by atoms with Crippen molar-refractivity contribution >= 4 is 5.91 Å². The molecule has 4 nitrogen and oxygen atoms in total. The van der Waals surface area contributed by atoms with Gasteiger partial charge in [-0.3, -0.25) is 4.79 Å². The second-order valence-electron chi connectivity index (χ2n) is 4.76. The van der Waals surface area contributed by atoms with Gasteiger partial charge in [-0.25, -0.2) is 0 Å². The van der Waals surface area contributed by atoms with E-state index in [0.717, 1.165) is 39.0 Å². The average Bonchev–Trinajstić information content (AvgIpc) is 2.74. The minimum atomic E-state index is 0.0978. The maximum Gasteiger partial charge on any atom is 0.239 e. The summed E-state index contributed by atoms with van der Waals surface area (Å²) >= 11 is 0. The minimum Gasteiger partial charge on any atom is -0.339 e. The molecule has 2 atom stereocenters. The molecular formula is C11H21N3O. The summed E-state index contributed by atoms with van der Waals surface area (Å²) in [4.78, 5) is 16.4. The van der Waals surface area contributed by atoms with E-state index in [2.05, 4.69) is 24.2 Å². The first-order valence-corrected chi connectivity index (χ1v) is 5.91. The van der Waals surface area contributed by atoms with E-state index in [1.54, 1.807) is 0 Å². The quantitative estimate of drug-likeness (QED) is 0.658. The molecule has 2 rings (SSSR count). The molecule has 2 fully saturated rings. The highest BCUT2D eigenvalue weighted by molar-refractivity contribution is 5.82. The Hall–Kier alpha value is -0.610. The first kappa shape index (κ1) is 10.9. The van der Waals surface area contributed by atoms with Crippen molar-refractivity contribution in [3.63, 3.8) is 0 Å². The third kappa shape index (κ3) is 2.32. The monoisotopic (exact) mass is 211 g/mol. The molecule has 2 heterocycles. The van der Waals surface area contributed by atoms with E-state index in [1.165, 1.54) is 0 Å². The fraction of sp³-hybridized carbons (Fsp3) is 0.909. The van der Waals surface area contributed by atoms with E-state index >= 15 is 0 Å². The number of amides is 1. The van der Waals surface area contributed by atoms with Crippen LogP contribution in [0.1, 0.15) is 19.8 Å². The second-order valence-corrected chi connectivity index (χ2v) is 4.76. The van der Waals surface area contributed by atoms with Gasteiger partial charge in [-0.1, -0.05) is 0 Å². The number of hydrogen-bond acceptors (Lipinski definition) is 3. The van der Waals surface area contributed by atoms with Crippen molar-refractivity contribution in [3.05, 3.63) is 0 Å². The number of hydrogen-bond donors (Lipinski definition) is 1. The molecule has 2 aliphatic heterocycles. The van der Waals surface area contributed by atoms with Crippen LogP contribution < -0.4 is 5.32 Å². The van der Waals surface area contributed by atoms with Gasteiger partial charge in [-0.15, -0.1) is 0 Å². The zero-order valence-electron chi connectivity index (χ0n) is 9.70. The Balaban J connectivity index is 1.90. The molecule has 2 saturated heterocycles. The highest BCUT2D eigenvalue weighted by Crippen LogP contribution is 2.12. The maximum atomic E-state index is 12.1. The fourth-order valence-corrected chi connectivity index (χ4v) is 2.36. The third-order valence-corrected chi connectivity index (χ3v) is 3.63. The van der Waals surface area contributed by atoms with Crippen LogP contribution >= 0.6 is 0 Å². The fourth-order valence-electron chi connectivity index (χ4n) is 2.36. The lowest BCUT2D eigenvalue weighted by atomic mass is 10.1. The van der Waals surface area contributed by atoms with E-state index in [1.807, 2.05) is 4.90 Å². The summed E-state index contributed by atoms with van der Waals surface area (Å²) in [7, 11) is 2.13. The Labute approximate surface area is 91.6 Å². The predicted octanol–water partition coefficient (Wildman–Crippen LogP) is -0.0991. The Morgan fingerprint density at radius 1 is 1.40 bits per heavy atom. The zero-order chi connectivity index (χ0) is 10.8. The minimum absolute atomic E-state index is 0.0978. The number of nitrogens with zero attached hydrogens (tertiary/aromatic N) is 2. The van der Waals surface area contributed by atoms with Crippen molar-refractivity contribution in [2.45, 2.75) is 31.8 Å². The topological polar surface area (TPSA) is 35.6 Å². The van der Waals surface area contributed by atoms with Crippen LogP contribution in [0.25, 0.3) is 0 Å². The van der Waals surface area contributed by atoms with E-state index in [9.17, 15) is 4.79 Å². The standard InChI is InChI=1S/C11H21N3O/c1-9-8-14(7-6-13(9)2)11(15)10-4-3-5-12-10/h9-10,12H,3-8H2,1-2H3/t9?,10-/m0/s1. The first-order chi connectivity index (χ1) is 7.18. The number of rotatable bonds is 1. The lowest BCUT2D eigenvalue weighted by Gasteiger charge is -2.38. The summed E-state index contributed by atoms with van der Waals surface area (Å²) in [5.41, 5.74) is 0. The number of nitrogens with one attached hydrogen (secondary N) is 1. The molecular weight excluding hydrogens is 190 g/mol. The molecule has 4 heteroatoms. The molecule has 2 aliphatic rings. The van der Waals surface area contributed by atoms with Crippen molar-refractivity contribution in [3.8, 4) is 0 Å². The third-order valence-electron chi connectivity index (χ3n) is 3.63. The van der Waals surface area contributed by atoms with E-state index in [0.29, 0.717) is 11.9 Å². The van der Waals surface area contributed by atoms with Gasteiger partial charge in [0.1, 0.15) is 0 Å². The van der Waals surface area contributed by atoms with Crippen LogP contribution in [0.2, 0.25) is 0 Å². The normalized spacial score (nSPS) is 33.3. The smallest absolute Gasteiger partial charge is 0.239 e. The average molecular weight is 211 g/mol. The number of piperazine rings is 1. The van der Waals surface area contributed by atoms with E-state index in [4.69, 9.17) is 0 Å². The summed E-state index contributed by atoms with van der Waals surface area (Å²) in [6.45, 7) is 5.95. The van der Waals surface area contributed by atoms with Gasteiger partial charge in [-0.2, -0.15) is 0 Å². The molecule has 1 N–H and O–H groups in total. The lowest BCUT2D eigenvalue weighted by molar-refractivity contribution is -0.135. The SMILES string of the molecule is CC1CN(C(=O)[C@@H]2CCCN2)CCN1C. The molecule has 0 bridgehead atoms. The Morgan fingerprint density at radius 2 is 2.20 bits per heavy atom. The number of carbonyl (C=O) groups excluding carboxylic acids is 1. The molecule has 0 spiro atoms. The van der Waals surface area contributed by atoms with Crippen LogP contribution in [0.15, 0.2) is 0 Å². The van der Waals surface area contributed by atoms with Gasteiger partial charge >= 0.3 is 0 Å². The van der Waals surface area contributed by atoms with Crippen LogP contribution in [0.3, 0.4) is 0 Å². The highest BCUT2D eigenvalue weighted by Gasteiger charge is 2.30. The van der Waals surface area contributed by atoms with Gasteiger partial charge in [0.15, 0.2) is 0 Å². The molecule has 0 saturated carbocycles. The van der Waals surface area contributed by atoms with Gasteiger partial charge in [-0.05, 0) is 33.4 Å². The van der Waals surface area contributed by atoms with Gasteiger partial charge in [0, 0.05) is 25.7 Å². The summed E-state index contributed by atoms with van der Waals surface area (Å²) in [6, 6.07) is 0.588. The zero-order valence-corrected chi connectivity index (χ0v) is 9.70. The Morgan fingerprint density at radius 3 is 2.80 bits per heavy atom. The van der Waals surface area contributed by atoms with E-state index in [-0.39, 0.29) is 6.04 Å². The van der Waals surface area contributed by atoms with Gasteiger partial charge in [0.05, 0.1) is 6.04 Å². The first-order valence-electron chi connectivity index (χ1n) is 5.91. The van der Waals surface area contributed by atoms with Crippen LogP contribution in [-0.2, 0) is 4.79 Å². The van der Waals surface area contributed by atoms with Crippen molar-refractivity contribution in [2.24, 2.45) is 0 Å². The predicted molar refractivity (Wildman–Crippen MR) is 59.7 cm³/mol. The van der Waals surface area contributed by atoms with E-state index < -0.39 is 0 Å². The molecule has 1 unspecified atom stereocenters. The van der Waals surface area contributed by atoms with Gasteiger partial charge < -0.3 is 15.1 Å². The number of carbonyl (C=O) groups is 1. The summed E-state index contributed by atoms with van der Waals surface area (Å²) < 4.78 is 0. The molecule has 0 aliphatic carbocycles. The van der Waals surface area contributed by atoms with Gasteiger partial charge in [0.25, 0.3) is 0 Å². The highest BCUT2D eigenvalue weighted by atomic mass is 16.2. The summed E-state index contributed by atoms with van der Waals surface area (Å²) in [5, 5.41) is 3.27. The second kappa shape index (κ2) is 4.49. The van der Waals surface area contributed by atoms with Crippen molar-refractivity contribution in [1.29, 1.82) is 0 Å². The molecule has 0 aromatic rings. The lowest BCUT2D eigenvalue weighted by Crippen LogP contribution is -2.55. The summed E-state index contributed by atoms with van der Waals surface area (Å²) in [6.07, 6.45) is 2.15. The maximum absolute atomic E-state index is 12.1. The van der Waals surface area contributed by atoms with Crippen molar-refractivity contribution in [1.82, 2.24) is 15.1 Å². The van der Waals surface area contributed by atoms with Crippen LogP contribution in [0.4, 0.5) is 0 Å². The van der Waals surface area contributed by atoms with Crippen LogP contribution in [0, 0.1) is 0 Å². The Bertz CT molecular complexity index is 238.